The molecule has 0 bridgehead atoms. The van der Waals surface area contributed by atoms with Gasteiger partial charge in [-0.3, -0.25) is 14.2 Å². The first-order valence-electron chi connectivity index (χ1n) is 13.3. The Labute approximate surface area is 235 Å². The minimum atomic E-state index is -1.06. The monoisotopic (exact) mass is 571 g/mol. The summed E-state index contributed by atoms with van der Waals surface area (Å²) in [6, 6.07) is 1.73. The lowest BCUT2D eigenvalue weighted by atomic mass is 9.92. The van der Waals surface area contributed by atoms with E-state index in [9.17, 15) is 19.5 Å². The van der Waals surface area contributed by atoms with Crippen LogP contribution in [0.15, 0.2) is 23.2 Å². The van der Waals surface area contributed by atoms with Crippen LogP contribution in [0, 0.1) is 0 Å². The molecular formula is C26H33N7O8. The second-order valence-corrected chi connectivity index (χ2v) is 11.2. The third kappa shape index (κ3) is 5.80. The molecule has 3 aromatic rings. The lowest BCUT2D eigenvalue weighted by Crippen LogP contribution is -2.41. The number of imidazole rings is 1. The van der Waals surface area contributed by atoms with Gasteiger partial charge in [-0.15, -0.1) is 0 Å². The molecule has 0 radical (unpaired) electrons. The number of anilines is 1. The second kappa shape index (κ2) is 11.0. The lowest BCUT2D eigenvalue weighted by molar-refractivity contribution is -0.165. The molecule has 1 amide bonds. The number of likely N-dealkylation sites (tertiary alicyclic amines) is 1. The molecule has 5 heterocycles. The highest BCUT2D eigenvalue weighted by atomic mass is 16.6. The molecule has 0 spiro atoms. The Balaban J connectivity index is 1.47. The molecule has 2 aliphatic heterocycles. The maximum atomic E-state index is 12.2. The van der Waals surface area contributed by atoms with Gasteiger partial charge in [-0.2, -0.15) is 0 Å². The average Bonchev–Trinajstić information content (AvgIpc) is 3.62. The maximum Gasteiger partial charge on any atom is 0.407 e. The zero-order valence-corrected chi connectivity index (χ0v) is 23.4. The summed E-state index contributed by atoms with van der Waals surface area (Å²) in [6.07, 6.45) is -0.874. The number of aromatic nitrogens is 5. The number of carbonyl (C=O) groups is 3. The zero-order chi connectivity index (χ0) is 29.5. The molecule has 0 aliphatic carbocycles. The minimum Gasteiger partial charge on any atom is -0.465 e. The topological polar surface area (TPSA) is 184 Å². The van der Waals surface area contributed by atoms with Crippen LogP contribution in [0.1, 0.15) is 71.2 Å². The Hall–Kier alpha value is -4.27. The van der Waals surface area contributed by atoms with Gasteiger partial charge in [0, 0.05) is 44.5 Å². The minimum absolute atomic E-state index is 0.00781. The SMILES string of the molecule is CC(=O)O[C@@H]1[C@H](OC(C)=O)[C@@H](c2cc(C(C)(C)C)no2)O[C@H]1n1cnc2c(NC3CCN(C(=O)O)CC3)ncnc21. The molecule has 0 aromatic carbocycles. The Morgan fingerprint density at radius 2 is 1.73 bits per heavy atom. The van der Waals surface area contributed by atoms with Crippen LogP contribution in [-0.2, 0) is 29.2 Å². The van der Waals surface area contributed by atoms with Crippen LogP contribution in [0.25, 0.3) is 11.2 Å². The fourth-order valence-electron chi connectivity index (χ4n) is 5.06. The van der Waals surface area contributed by atoms with Crippen molar-refractivity contribution in [1.29, 1.82) is 0 Å². The lowest BCUT2D eigenvalue weighted by Gasteiger charge is -2.30. The molecule has 2 saturated heterocycles. The zero-order valence-electron chi connectivity index (χ0n) is 23.4. The fraction of sp³-hybridized carbons (Fsp3) is 0.577. The van der Waals surface area contributed by atoms with Crippen LogP contribution in [0.3, 0.4) is 0 Å². The molecular weight excluding hydrogens is 538 g/mol. The van der Waals surface area contributed by atoms with Crippen LogP contribution >= 0.6 is 0 Å². The fourth-order valence-corrected chi connectivity index (χ4v) is 5.06. The molecule has 2 fully saturated rings. The first kappa shape index (κ1) is 28.3. The van der Waals surface area contributed by atoms with Crippen molar-refractivity contribution in [2.45, 2.75) is 83.5 Å². The molecule has 5 rings (SSSR count). The highest BCUT2D eigenvalue weighted by Gasteiger charge is 2.53. The van der Waals surface area contributed by atoms with Crippen molar-refractivity contribution < 1.29 is 38.2 Å². The number of nitrogens with one attached hydrogen (secondary N) is 1. The van der Waals surface area contributed by atoms with E-state index in [1.54, 1.807) is 10.6 Å². The summed E-state index contributed by atoms with van der Waals surface area (Å²) >= 11 is 0. The van der Waals surface area contributed by atoms with Gasteiger partial charge in [0.15, 0.2) is 47.3 Å². The van der Waals surface area contributed by atoms with Crippen molar-refractivity contribution in [1.82, 2.24) is 29.6 Å². The largest absolute Gasteiger partial charge is 0.465 e. The second-order valence-electron chi connectivity index (χ2n) is 11.2. The number of nitrogens with zero attached hydrogens (tertiary/aromatic N) is 6. The number of hydrogen-bond donors (Lipinski definition) is 2. The van der Waals surface area contributed by atoms with E-state index in [1.807, 2.05) is 20.8 Å². The summed E-state index contributed by atoms with van der Waals surface area (Å²) < 4.78 is 24.9. The van der Waals surface area contributed by atoms with E-state index < -0.39 is 42.6 Å². The number of carbonyl (C=O) groups excluding carboxylic acids is 2. The molecule has 15 heteroatoms. The molecule has 0 unspecified atom stereocenters. The molecule has 3 aromatic heterocycles. The molecule has 4 atom stereocenters. The highest BCUT2D eigenvalue weighted by Crippen LogP contribution is 2.44. The van der Waals surface area contributed by atoms with Crippen molar-refractivity contribution in [3.63, 3.8) is 0 Å². The summed E-state index contributed by atoms with van der Waals surface area (Å²) in [5.74, 6) is -0.392. The van der Waals surface area contributed by atoms with Crippen LogP contribution in [-0.4, -0.2) is 84.1 Å². The van der Waals surface area contributed by atoms with E-state index in [4.69, 9.17) is 18.7 Å². The van der Waals surface area contributed by atoms with E-state index in [1.165, 1.54) is 31.4 Å². The smallest absolute Gasteiger partial charge is 0.407 e. The number of piperidine rings is 1. The molecule has 0 saturated carbocycles. The third-order valence-corrected chi connectivity index (χ3v) is 7.11. The normalized spacial score (nSPS) is 23.5. The van der Waals surface area contributed by atoms with E-state index in [-0.39, 0.29) is 11.5 Å². The molecule has 15 nitrogen and oxygen atoms in total. The van der Waals surface area contributed by atoms with Crippen molar-refractivity contribution in [2.24, 2.45) is 0 Å². The van der Waals surface area contributed by atoms with E-state index in [2.05, 4.69) is 25.4 Å². The first-order chi connectivity index (χ1) is 19.4. The van der Waals surface area contributed by atoms with Gasteiger partial charge in [-0.05, 0) is 12.8 Å². The summed E-state index contributed by atoms with van der Waals surface area (Å²) in [6.45, 7) is 9.28. The van der Waals surface area contributed by atoms with E-state index in [0.29, 0.717) is 54.4 Å². The van der Waals surface area contributed by atoms with Gasteiger partial charge in [-0.25, -0.2) is 19.7 Å². The first-order valence-corrected chi connectivity index (χ1v) is 13.3. The molecule has 220 valence electrons. The van der Waals surface area contributed by atoms with Gasteiger partial charge < -0.3 is 34.1 Å². The summed E-state index contributed by atoms with van der Waals surface area (Å²) in [5.41, 5.74) is 1.20. The van der Waals surface area contributed by atoms with Crippen LogP contribution in [0.4, 0.5) is 10.6 Å². The number of ether oxygens (including phenoxy) is 3. The van der Waals surface area contributed by atoms with E-state index in [0.717, 1.165) is 0 Å². The van der Waals surface area contributed by atoms with Crippen molar-refractivity contribution in [2.75, 3.05) is 18.4 Å². The Kier molecular flexibility index (Phi) is 7.55. The van der Waals surface area contributed by atoms with Crippen molar-refractivity contribution >= 4 is 35.0 Å². The Morgan fingerprint density at radius 1 is 1.05 bits per heavy atom. The Bertz CT molecular complexity index is 1440. The van der Waals surface area contributed by atoms with Gasteiger partial charge >= 0.3 is 18.0 Å². The number of esters is 2. The van der Waals surface area contributed by atoms with Gasteiger partial charge in [-0.1, -0.05) is 25.9 Å². The van der Waals surface area contributed by atoms with Gasteiger partial charge in [0.1, 0.15) is 6.33 Å². The summed E-state index contributed by atoms with van der Waals surface area (Å²) in [5, 5.41) is 16.7. The van der Waals surface area contributed by atoms with Crippen LogP contribution < -0.4 is 5.32 Å². The number of rotatable bonds is 6. The third-order valence-electron chi connectivity index (χ3n) is 7.11. The van der Waals surface area contributed by atoms with Crippen LogP contribution in [0.2, 0.25) is 0 Å². The van der Waals surface area contributed by atoms with E-state index >= 15 is 0 Å². The predicted octanol–water partition coefficient (Wildman–Crippen LogP) is 2.80. The standard InChI is InChI=1S/C26H33N7O8/c1-13(34)38-20-19(16-10-17(31-41-16)26(3,4)5)40-24(21(20)39-14(2)35)33-12-29-18-22(27-11-28-23(18)33)30-15-6-8-32(9-7-15)25(36)37/h10-12,15,19-21,24H,6-9H2,1-5H3,(H,36,37)(H,27,28,30)/t19-,20-,21-,24-/m1/s1. The van der Waals surface area contributed by atoms with Gasteiger partial charge in [0.05, 0.1) is 12.0 Å². The van der Waals surface area contributed by atoms with Crippen LogP contribution in [0.5, 0.6) is 0 Å². The molecule has 2 aliphatic rings. The average molecular weight is 572 g/mol. The quantitative estimate of drug-likeness (QED) is 0.412. The molecule has 41 heavy (non-hydrogen) atoms. The van der Waals surface area contributed by atoms with Gasteiger partial charge in [0.25, 0.3) is 0 Å². The number of hydrogen-bond acceptors (Lipinski definition) is 12. The predicted molar refractivity (Wildman–Crippen MR) is 141 cm³/mol. The summed E-state index contributed by atoms with van der Waals surface area (Å²) in [7, 11) is 0. The van der Waals surface area contributed by atoms with Crippen molar-refractivity contribution in [3.05, 3.63) is 30.2 Å². The van der Waals surface area contributed by atoms with Gasteiger partial charge in [0.2, 0.25) is 0 Å². The van der Waals surface area contributed by atoms with Crippen molar-refractivity contribution in [3.8, 4) is 0 Å². The maximum absolute atomic E-state index is 12.2. The highest BCUT2D eigenvalue weighted by molar-refractivity contribution is 5.83. The number of amides is 1. The summed E-state index contributed by atoms with van der Waals surface area (Å²) in [4.78, 5) is 50.2. The number of fused-ring (bicyclic) bond motifs is 1. The Morgan fingerprint density at radius 3 is 2.34 bits per heavy atom. The number of carboxylic acid groups (broad SMARTS) is 1. The molecule has 2 N–H and O–H groups in total.